The Morgan fingerprint density at radius 2 is 1.88 bits per heavy atom. The van der Waals surface area contributed by atoms with E-state index in [4.69, 9.17) is 4.74 Å². The van der Waals surface area contributed by atoms with E-state index in [1.807, 2.05) is 37.4 Å². The number of nitrogens with zero attached hydrogens (tertiary/aromatic N) is 2. The van der Waals surface area contributed by atoms with Gasteiger partial charge in [0, 0.05) is 39.5 Å². The van der Waals surface area contributed by atoms with Crippen LogP contribution in [0.4, 0.5) is 0 Å². The molecule has 0 radical (unpaired) electrons. The van der Waals surface area contributed by atoms with Crippen molar-refractivity contribution in [1.29, 1.82) is 0 Å². The van der Waals surface area contributed by atoms with Crippen molar-refractivity contribution >= 4 is 29.9 Å². The first-order chi connectivity index (χ1) is 11.3. The molecule has 2 rings (SSSR count). The van der Waals surface area contributed by atoms with E-state index < -0.39 is 0 Å². The number of hydrogen-bond donors (Lipinski definition) is 1. The number of guanidine groups is 1. The molecule has 1 aromatic rings. The molecule has 1 saturated heterocycles. The monoisotopic (exact) mass is 445 g/mol. The highest BCUT2D eigenvalue weighted by atomic mass is 127. The number of benzene rings is 1. The lowest BCUT2D eigenvalue weighted by atomic mass is 10.1. The molecule has 1 aromatic carbocycles. The lowest BCUT2D eigenvalue weighted by Crippen LogP contribution is -2.47. The summed E-state index contributed by atoms with van der Waals surface area (Å²) in [4.78, 5) is 6.78. The maximum Gasteiger partial charge on any atom is 0.193 e. The molecule has 0 saturated carbocycles. The highest BCUT2D eigenvalue weighted by molar-refractivity contribution is 14.0. The largest absolute Gasteiger partial charge is 0.490 e. The number of para-hydroxylation sites is 1. The molecule has 136 valence electrons. The second-order valence-electron chi connectivity index (χ2n) is 6.15. The molecule has 0 bridgehead atoms. The molecule has 1 aliphatic heterocycles. The van der Waals surface area contributed by atoms with Crippen LogP contribution in [-0.4, -0.2) is 43.6 Å². The second kappa shape index (κ2) is 12.4. The summed E-state index contributed by atoms with van der Waals surface area (Å²) in [5, 5.41) is 3.50. The normalized spacial score (nSPS) is 15.8. The fraction of sp³-hybridized carbons (Fsp3) is 0.632. The molecule has 0 aromatic heterocycles. The second-order valence-corrected chi connectivity index (χ2v) is 6.15. The van der Waals surface area contributed by atoms with Gasteiger partial charge >= 0.3 is 0 Å². The third-order valence-electron chi connectivity index (χ3n) is 4.31. The average molecular weight is 445 g/mol. The molecule has 1 heterocycles. The molecular weight excluding hydrogens is 413 g/mol. The third kappa shape index (κ3) is 7.28. The first-order valence-electron chi connectivity index (χ1n) is 9.00. The molecular formula is C19H32IN3O. The van der Waals surface area contributed by atoms with E-state index in [1.54, 1.807) is 0 Å². The van der Waals surface area contributed by atoms with Gasteiger partial charge in [-0.3, -0.25) is 4.99 Å². The number of piperidine rings is 1. The Morgan fingerprint density at radius 1 is 1.17 bits per heavy atom. The Balaban J connectivity index is 0.00000288. The van der Waals surface area contributed by atoms with Crippen LogP contribution in [0.2, 0.25) is 0 Å². The minimum absolute atomic E-state index is 0. The van der Waals surface area contributed by atoms with Crippen molar-refractivity contribution in [2.24, 2.45) is 4.99 Å². The summed E-state index contributed by atoms with van der Waals surface area (Å²) in [5.41, 5.74) is 0. The average Bonchev–Trinajstić information content (AvgIpc) is 2.60. The van der Waals surface area contributed by atoms with Gasteiger partial charge in [-0.1, -0.05) is 44.4 Å². The highest BCUT2D eigenvalue weighted by Crippen LogP contribution is 2.18. The van der Waals surface area contributed by atoms with Crippen LogP contribution in [0.15, 0.2) is 35.3 Å². The Labute approximate surface area is 164 Å². The third-order valence-corrected chi connectivity index (χ3v) is 4.31. The van der Waals surface area contributed by atoms with E-state index in [0.29, 0.717) is 6.10 Å². The zero-order valence-electron chi connectivity index (χ0n) is 15.0. The summed E-state index contributed by atoms with van der Waals surface area (Å²) in [6, 6.07) is 10.1. The molecule has 1 fully saturated rings. The van der Waals surface area contributed by atoms with E-state index in [1.165, 1.54) is 25.7 Å². The van der Waals surface area contributed by atoms with Gasteiger partial charge in [-0.05, 0) is 18.6 Å². The zero-order chi connectivity index (χ0) is 16.3. The van der Waals surface area contributed by atoms with Gasteiger partial charge in [-0.2, -0.15) is 0 Å². The summed E-state index contributed by atoms with van der Waals surface area (Å²) >= 11 is 0. The zero-order valence-corrected chi connectivity index (χ0v) is 17.4. The van der Waals surface area contributed by atoms with E-state index >= 15 is 0 Å². The van der Waals surface area contributed by atoms with Crippen LogP contribution in [0.3, 0.4) is 0 Å². The van der Waals surface area contributed by atoms with Crippen molar-refractivity contribution in [2.45, 2.75) is 51.6 Å². The highest BCUT2D eigenvalue weighted by Gasteiger charge is 2.22. The van der Waals surface area contributed by atoms with E-state index in [0.717, 1.165) is 44.2 Å². The Kier molecular flexibility index (Phi) is 10.9. The summed E-state index contributed by atoms with van der Waals surface area (Å²) in [5.74, 6) is 2.02. The van der Waals surface area contributed by atoms with Crippen molar-refractivity contribution in [3.63, 3.8) is 0 Å². The number of hydrogen-bond acceptors (Lipinski definition) is 2. The lowest BCUT2D eigenvalue weighted by molar-refractivity contribution is 0.129. The molecule has 5 heteroatoms. The molecule has 4 nitrogen and oxygen atoms in total. The first kappa shape index (κ1) is 21.1. The SMILES string of the molecule is CCCCCCNC(=NC)N1CCC(Oc2ccccc2)CC1.I. The number of aliphatic imine (C=N–C) groups is 1. The lowest BCUT2D eigenvalue weighted by Gasteiger charge is -2.34. The molecule has 24 heavy (non-hydrogen) atoms. The van der Waals surface area contributed by atoms with E-state index in [9.17, 15) is 0 Å². The van der Waals surface area contributed by atoms with Crippen LogP contribution in [-0.2, 0) is 0 Å². The van der Waals surface area contributed by atoms with Crippen LogP contribution in [0, 0.1) is 0 Å². The molecule has 0 spiro atoms. The van der Waals surface area contributed by atoms with Crippen molar-refractivity contribution in [3.8, 4) is 5.75 Å². The standard InChI is InChI=1S/C19H31N3O.HI/c1-3-4-5-9-14-21-19(20-2)22-15-12-18(13-16-22)23-17-10-7-6-8-11-17;/h6-8,10-11,18H,3-5,9,12-16H2,1-2H3,(H,20,21);1H. The minimum atomic E-state index is 0. The molecule has 0 aliphatic carbocycles. The van der Waals surface area contributed by atoms with Crippen molar-refractivity contribution in [2.75, 3.05) is 26.7 Å². The van der Waals surface area contributed by atoms with Crippen molar-refractivity contribution in [3.05, 3.63) is 30.3 Å². The van der Waals surface area contributed by atoms with Crippen LogP contribution >= 0.6 is 24.0 Å². The van der Waals surface area contributed by atoms with Crippen LogP contribution in [0.25, 0.3) is 0 Å². The number of rotatable bonds is 7. The Morgan fingerprint density at radius 3 is 2.50 bits per heavy atom. The van der Waals surface area contributed by atoms with E-state index in [-0.39, 0.29) is 24.0 Å². The quantitative estimate of drug-likeness (QED) is 0.294. The fourth-order valence-electron chi connectivity index (χ4n) is 2.96. The van der Waals surface area contributed by atoms with Gasteiger partial charge in [-0.15, -0.1) is 24.0 Å². The fourth-order valence-corrected chi connectivity index (χ4v) is 2.96. The smallest absolute Gasteiger partial charge is 0.193 e. The molecule has 0 atom stereocenters. The number of likely N-dealkylation sites (tertiary alicyclic amines) is 1. The summed E-state index contributed by atoms with van der Waals surface area (Å²) in [7, 11) is 1.88. The maximum absolute atomic E-state index is 6.06. The van der Waals surface area contributed by atoms with Gasteiger partial charge in [0.2, 0.25) is 0 Å². The van der Waals surface area contributed by atoms with Gasteiger partial charge in [0.15, 0.2) is 5.96 Å². The predicted octanol–water partition coefficient (Wildman–Crippen LogP) is 4.30. The summed E-state index contributed by atoms with van der Waals surface area (Å²) in [6.07, 6.45) is 7.54. The summed E-state index contributed by atoms with van der Waals surface area (Å²) < 4.78 is 6.06. The molecule has 1 N–H and O–H groups in total. The molecule has 0 amide bonds. The van der Waals surface area contributed by atoms with Crippen LogP contribution < -0.4 is 10.1 Å². The van der Waals surface area contributed by atoms with Crippen molar-refractivity contribution in [1.82, 2.24) is 10.2 Å². The first-order valence-corrected chi connectivity index (χ1v) is 9.00. The molecule has 0 unspecified atom stereocenters. The minimum Gasteiger partial charge on any atom is -0.490 e. The topological polar surface area (TPSA) is 36.9 Å². The van der Waals surface area contributed by atoms with Crippen LogP contribution in [0.1, 0.15) is 45.4 Å². The Bertz CT molecular complexity index is 459. The maximum atomic E-state index is 6.06. The Hall–Kier alpha value is -0.980. The van der Waals surface area contributed by atoms with E-state index in [2.05, 4.69) is 22.1 Å². The summed E-state index contributed by atoms with van der Waals surface area (Å²) in [6.45, 7) is 5.28. The number of halogens is 1. The van der Waals surface area contributed by atoms with Crippen LogP contribution in [0.5, 0.6) is 5.75 Å². The van der Waals surface area contributed by atoms with Gasteiger partial charge in [0.25, 0.3) is 0 Å². The van der Waals surface area contributed by atoms with Gasteiger partial charge in [0.1, 0.15) is 11.9 Å². The number of nitrogens with one attached hydrogen (secondary N) is 1. The number of ether oxygens (including phenoxy) is 1. The van der Waals surface area contributed by atoms with Gasteiger partial charge < -0.3 is 15.0 Å². The number of unbranched alkanes of at least 4 members (excludes halogenated alkanes) is 3. The predicted molar refractivity (Wildman–Crippen MR) is 113 cm³/mol. The van der Waals surface area contributed by atoms with Crippen molar-refractivity contribution < 1.29 is 4.74 Å². The van der Waals surface area contributed by atoms with Gasteiger partial charge in [-0.25, -0.2) is 0 Å². The van der Waals surface area contributed by atoms with Gasteiger partial charge in [0.05, 0.1) is 0 Å². The molecule has 1 aliphatic rings.